The third kappa shape index (κ3) is 5.93. The lowest BCUT2D eigenvalue weighted by Crippen LogP contribution is -2.17. The van der Waals surface area contributed by atoms with Gasteiger partial charge in [-0.25, -0.2) is 0 Å². The standard InChI is InChI=1S/C22H17ClF3NO2S/c1-30-16-9-6-14(7-10-16)12-21(28)27-15-8-11-17(19(23)13-15)18-4-2-3-5-20(18)29-22(24,25)26/h2-11,13H,12H2,1H3,(H,27,28). The van der Waals surface area contributed by atoms with Crippen molar-refractivity contribution in [1.29, 1.82) is 0 Å². The Kier molecular flexibility index (Phi) is 6.95. The Hall–Kier alpha value is -2.64. The molecule has 0 saturated heterocycles. The molecule has 0 unspecified atom stereocenters. The number of benzene rings is 3. The van der Waals surface area contributed by atoms with Crippen LogP contribution in [-0.4, -0.2) is 18.5 Å². The monoisotopic (exact) mass is 451 g/mol. The molecule has 3 aromatic rings. The van der Waals surface area contributed by atoms with Crippen LogP contribution < -0.4 is 10.1 Å². The molecule has 0 aliphatic heterocycles. The third-order valence-corrected chi connectivity index (χ3v) is 5.24. The molecule has 3 aromatic carbocycles. The van der Waals surface area contributed by atoms with Gasteiger partial charge in [-0.2, -0.15) is 0 Å². The number of para-hydroxylation sites is 1. The highest BCUT2D eigenvalue weighted by atomic mass is 35.5. The molecule has 0 heterocycles. The molecule has 1 N–H and O–H groups in total. The fraction of sp³-hybridized carbons (Fsp3) is 0.136. The summed E-state index contributed by atoms with van der Waals surface area (Å²) in [7, 11) is 0. The predicted octanol–water partition coefficient (Wildman–Crippen LogP) is 6.81. The maximum absolute atomic E-state index is 12.7. The highest BCUT2D eigenvalue weighted by Crippen LogP contribution is 2.38. The fourth-order valence-corrected chi connectivity index (χ4v) is 3.54. The third-order valence-electron chi connectivity index (χ3n) is 4.18. The van der Waals surface area contributed by atoms with Crippen LogP contribution >= 0.6 is 23.4 Å². The van der Waals surface area contributed by atoms with Gasteiger partial charge >= 0.3 is 6.36 Å². The van der Waals surface area contributed by atoms with Crippen molar-refractivity contribution in [2.45, 2.75) is 17.7 Å². The maximum Gasteiger partial charge on any atom is 0.573 e. The van der Waals surface area contributed by atoms with Crippen molar-refractivity contribution in [3.8, 4) is 16.9 Å². The number of rotatable bonds is 6. The summed E-state index contributed by atoms with van der Waals surface area (Å²) in [5.41, 5.74) is 1.88. The molecule has 3 rings (SSSR count). The molecule has 0 aliphatic carbocycles. The summed E-state index contributed by atoms with van der Waals surface area (Å²) < 4.78 is 42.1. The van der Waals surface area contributed by atoms with Crippen LogP contribution in [0.2, 0.25) is 5.02 Å². The van der Waals surface area contributed by atoms with Crippen LogP contribution in [0.1, 0.15) is 5.56 Å². The number of ether oxygens (including phenoxy) is 1. The molecule has 30 heavy (non-hydrogen) atoms. The number of hydrogen-bond acceptors (Lipinski definition) is 3. The van der Waals surface area contributed by atoms with E-state index in [0.29, 0.717) is 11.3 Å². The Labute approximate surface area is 181 Å². The Morgan fingerprint density at radius 3 is 2.37 bits per heavy atom. The molecule has 0 radical (unpaired) electrons. The van der Waals surface area contributed by atoms with Crippen LogP contribution in [0, 0.1) is 0 Å². The number of alkyl halides is 3. The van der Waals surface area contributed by atoms with Crippen molar-refractivity contribution in [3.05, 3.63) is 77.3 Å². The molecule has 8 heteroatoms. The molecule has 0 fully saturated rings. The molecular formula is C22H17ClF3NO2S. The van der Waals surface area contributed by atoms with Gasteiger partial charge in [0.05, 0.1) is 11.4 Å². The lowest BCUT2D eigenvalue weighted by molar-refractivity contribution is -0.274. The van der Waals surface area contributed by atoms with E-state index in [1.165, 1.54) is 24.3 Å². The summed E-state index contributed by atoms with van der Waals surface area (Å²) in [5, 5.41) is 2.94. The van der Waals surface area contributed by atoms with Crippen LogP contribution in [-0.2, 0) is 11.2 Å². The Morgan fingerprint density at radius 2 is 1.73 bits per heavy atom. The molecular weight excluding hydrogens is 435 g/mol. The molecule has 0 aromatic heterocycles. The van der Waals surface area contributed by atoms with E-state index in [9.17, 15) is 18.0 Å². The summed E-state index contributed by atoms with van der Waals surface area (Å²) in [6.07, 6.45) is -2.65. The minimum atomic E-state index is -4.81. The second-order valence-electron chi connectivity index (χ2n) is 6.31. The minimum absolute atomic E-state index is 0.190. The second kappa shape index (κ2) is 9.45. The summed E-state index contributed by atoms with van der Waals surface area (Å²) in [6, 6.07) is 18.0. The van der Waals surface area contributed by atoms with Crippen LogP contribution in [0.3, 0.4) is 0 Å². The van der Waals surface area contributed by atoms with Crippen LogP contribution in [0.4, 0.5) is 18.9 Å². The van der Waals surface area contributed by atoms with E-state index < -0.39 is 6.36 Å². The first kappa shape index (κ1) is 22.1. The zero-order chi connectivity index (χ0) is 21.7. The lowest BCUT2D eigenvalue weighted by Gasteiger charge is -2.15. The Balaban J connectivity index is 1.75. The summed E-state index contributed by atoms with van der Waals surface area (Å²) in [5.74, 6) is -0.575. The average Bonchev–Trinajstić information content (AvgIpc) is 2.68. The largest absolute Gasteiger partial charge is 0.573 e. The molecule has 1 amide bonds. The van der Waals surface area contributed by atoms with Gasteiger partial charge < -0.3 is 10.1 Å². The second-order valence-corrected chi connectivity index (χ2v) is 7.60. The predicted molar refractivity (Wildman–Crippen MR) is 114 cm³/mol. The van der Waals surface area contributed by atoms with Gasteiger partial charge in [0.1, 0.15) is 5.75 Å². The smallest absolute Gasteiger partial charge is 0.405 e. The van der Waals surface area contributed by atoms with Gasteiger partial charge in [-0.3, -0.25) is 4.79 Å². The first-order chi connectivity index (χ1) is 14.2. The van der Waals surface area contributed by atoms with Crippen molar-refractivity contribution < 1.29 is 22.7 Å². The van der Waals surface area contributed by atoms with Crippen LogP contribution in [0.15, 0.2) is 71.6 Å². The molecule has 0 spiro atoms. The van der Waals surface area contributed by atoms with E-state index in [4.69, 9.17) is 11.6 Å². The topological polar surface area (TPSA) is 38.3 Å². The van der Waals surface area contributed by atoms with E-state index in [-0.39, 0.29) is 28.7 Å². The number of amides is 1. The number of halogens is 4. The molecule has 0 saturated carbocycles. The van der Waals surface area contributed by atoms with Crippen molar-refractivity contribution in [2.75, 3.05) is 11.6 Å². The van der Waals surface area contributed by atoms with Crippen LogP contribution in [0.25, 0.3) is 11.1 Å². The molecule has 156 valence electrons. The van der Waals surface area contributed by atoms with E-state index in [0.717, 1.165) is 10.5 Å². The highest BCUT2D eigenvalue weighted by molar-refractivity contribution is 7.98. The van der Waals surface area contributed by atoms with Crippen LogP contribution in [0.5, 0.6) is 5.75 Å². The van der Waals surface area contributed by atoms with Crippen molar-refractivity contribution in [3.63, 3.8) is 0 Å². The van der Waals surface area contributed by atoms with Crippen molar-refractivity contribution in [2.24, 2.45) is 0 Å². The first-order valence-corrected chi connectivity index (χ1v) is 10.4. The lowest BCUT2D eigenvalue weighted by atomic mass is 10.0. The quantitative estimate of drug-likeness (QED) is 0.418. The van der Waals surface area contributed by atoms with E-state index in [1.807, 2.05) is 30.5 Å². The first-order valence-electron chi connectivity index (χ1n) is 8.82. The molecule has 0 atom stereocenters. The highest BCUT2D eigenvalue weighted by Gasteiger charge is 2.32. The summed E-state index contributed by atoms with van der Waals surface area (Å²) >= 11 is 7.91. The number of hydrogen-bond donors (Lipinski definition) is 1. The van der Waals surface area contributed by atoms with Gasteiger partial charge in [0.25, 0.3) is 0 Å². The number of carbonyl (C=O) groups excluding carboxylic acids is 1. The number of thioether (sulfide) groups is 1. The average molecular weight is 452 g/mol. The molecule has 0 bridgehead atoms. The molecule has 0 aliphatic rings. The van der Waals surface area contributed by atoms with Gasteiger partial charge in [-0.1, -0.05) is 48.0 Å². The van der Waals surface area contributed by atoms with E-state index in [2.05, 4.69) is 10.1 Å². The SMILES string of the molecule is CSc1ccc(CC(=O)Nc2ccc(-c3ccccc3OC(F)(F)F)c(Cl)c2)cc1. The van der Waals surface area contributed by atoms with Gasteiger partial charge in [0.15, 0.2) is 0 Å². The van der Waals surface area contributed by atoms with E-state index in [1.54, 1.807) is 30.0 Å². The number of carbonyl (C=O) groups is 1. The number of anilines is 1. The maximum atomic E-state index is 12.7. The zero-order valence-corrected chi connectivity index (χ0v) is 17.4. The van der Waals surface area contributed by atoms with E-state index >= 15 is 0 Å². The normalized spacial score (nSPS) is 11.2. The Morgan fingerprint density at radius 1 is 1.03 bits per heavy atom. The Bertz CT molecular complexity index is 1040. The van der Waals surface area contributed by atoms with Crippen molar-refractivity contribution in [1.82, 2.24) is 0 Å². The van der Waals surface area contributed by atoms with Crippen molar-refractivity contribution >= 4 is 35.0 Å². The molecule has 3 nitrogen and oxygen atoms in total. The summed E-state index contributed by atoms with van der Waals surface area (Å²) in [4.78, 5) is 13.4. The van der Waals surface area contributed by atoms with Gasteiger partial charge in [-0.05, 0) is 42.2 Å². The van der Waals surface area contributed by atoms with Gasteiger partial charge in [0, 0.05) is 21.7 Å². The zero-order valence-electron chi connectivity index (χ0n) is 15.8. The number of nitrogens with one attached hydrogen (secondary N) is 1. The minimum Gasteiger partial charge on any atom is -0.405 e. The van der Waals surface area contributed by atoms with Gasteiger partial charge in [-0.15, -0.1) is 24.9 Å². The fourth-order valence-electron chi connectivity index (χ4n) is 2.85. The summed E-state index contributed by atoms with van der Waals surface area (Å²) in [6.45, 7) is 0. The van der Waals surface area contributed by atoms with Gasteiger partial charge in [0.2, 0.25) is 5.91 Å².